The molecular formula is C13H15F3O. The molecule has 0 saturated heterocycles. The SMILES string of the molecule is COC1(C(F)(F)F)CCCc2ccc(C)cc21. The van der Waals surface area contributed by atoms with E-state index in [-0.39, 0.29) is 6.42 Å². The lowest BCUT2D eigenvalue weighted by atomic mass is 9.78. The lowest BCUT2D eigenvalue weighted by Gasteiger charge is -2.39. The maximum Gasteiger partial charge on any atom is 0.421 e. The Kier molecular flexibility index (Phi) is 2.94. The molecule has 0 aliphatic heterocycles. The van der Waals surface area contributed by atoms with Gasteiger partial charge >= 0.3 is 6.18 Å². The van der Waals surface area contributed by atoms with Crippen LogP contribution in [-0.2, 0) is 16.8 Å². The molecule has 1 aromatic carbocycles. The molecule has 0 amide bonds. The summed E-state index contributed by atoms with van der Waals surface area (Å²) in [5.41, 5.74) is -0.247. The van der Waals surface area contributed by atoms with E-state index in [1.807, 2.05) is 6.07 Å². The largest absolute Gasteiger partial charge is 0.421 e. The number of rotatable bonds is 1. The van der Waals surface area contributed by atoms with E-state index in [0.717, 1.165) is 18.2 Å². The van der Waals surface area contributed by atoms with Crippen LogP contribution in [0.5, 0.6) is 0 Å². The number of methoxy groups -OCH3 is 1. The van der Waals surface area contributed by atoms with Crippen molar-refractivity contribution >= 4 is 0 Å². The van der Waals surface area contributed by atoms with Crippen LogP contribution in [0.2, 0.25) is 0 Å². The lowest BCUT2D eigenvalue weighted by Crippen LogP contribution is -2.46. The van der Waals surface area contributed by atoms with Crippen molar-refractivity contribution in [2.75, 3.05) is 7.11 Å². The summed E-state index contributed by atoms with van der Waals surface area (Å²) in [4.78, 5) is 0. The normalized spacial score (nSPS) is 24.5. The molecule has 0 fully saturated rings. The first-order valence-electron chi connectivity index (χ1n) is 5.62. The van der Waals surface area contributed by atoms with E-state index in [1.54, 1.807) is 19.1 Å². The molecule has 17 heavy (non-hydrogen) atoms. The van der Waals surface area contributed by atoms with Gasteiger partial charge in [0.25, 0.3) is 0 Å². The number of halogens is 3. The third-order valence-corrected chi connectivity index (χ3v) is 3.48. The Morgan fingerprint density at radius 1 is 1.29 bits per heavy atom. The number of fused-ring (bicyclic) bond motifs is 1. The van der Waals surface area contributed by atoms with Gasteiger partial charge in [0.15, 0.2) is 5.60 Å². The van der Waals surface area contributed by atoms with Gasteiger partial charge in [-0.2, -0.15) is 13.2 Å². The topological polar surface area (TPSA) is 9.23 Å². The molecule has 94 valence electrons. The third-order valence-electron chi connectivity index (χ3n) is 3.48. The Bertz CT molecular complexity index is 425. The fourth-order valence-corrected chi connectivity index (χ4v) is 2.57. The molecule has 0 bridgehead atoms. The van der Waals surface area contributed by atoms with Crippen LogP contribution in [0.4, 0.5) is 13.2 Å². The highest BCUT2D eigenvalue weighted by atomic mass is 19.4. The zero-order valence-corrected chi connectivity index (χ0v) is 9.90. The van der Waals surface area contributed by atoms with Crippen LogP contribution in [0.1, 0.15) is 29.5 Å². The van der Waals surface area contributed by atoms with Gasteiger partial charge in [-0.15, -0.1) is 0 Å². The number of ether oxygens (including phenoxy) is 1. The first kappa shape index (κ1) is 12.4. The van der Waals surface area contributed by atoms with E-state index in [4.69, 9.17) is 4.74 Å². The van der Waals surface area contributed by atoms with Gasteiger partial charge in [0.05, 0.1) is 0 Å². The fraction of sp³-hybridized carbons (Fsp3) is 0.538. The molecule has 0 radical (unpaired) electrons. The Hall–Kier alpha value is -1.03. The van der Waals surface area contributed by atoms with Crippen molar-refractivity contribution in [1.29, 1.82) is 0 Å². The minimum Gasteiger partial charge on any atom is -0.364 e. The second-order valence-corrected chi connectivity index (χ2v) is 4.54. The molecular weight excluding hydrogens is 229 g/mol. The minimum absolute atomic E-state index is 0.00343. The summed E-state index contributed by atoms with van der Waals surface area (Å²) >= 11 is 0. The Labute approximate surface area is 98.6 Å². The minimum atomic E-state index is -4.37. The van der Waals surface area contributed by atoms with E-state index in [0.29, 0.717) is 18.4 Å². The molecule has 2 rings (SSSR count). The molecule has 1 aliphatic carbocycles. The van der Waals surface area contributed by atoms with E-state index in [9.17, 15) is 13.2 Å². The first-order chi connectivity index (χ1) is 7.90. The van der Waals surface area contributed by atoms with E-state index < -0.39 is 11.8 Å². The maximum atomic E-state index is 13.3. The van der Waals surface area contributed by atoms with Gasteiger partial charge in [-0.05, 0) is 37.3 Å². The zero-order chi connectivity index (χ0) is 12.7. The molecule has 4 heteroatoms. The molecule has 0 aromatic heterocycles. The van der Waals surface area contributed by atoms with Crippen LogP contribution in [0.25, 0.3) is 0 Å². The maximum absolute atomic E-state index is 13.3. The monoisotopic (exact) mass is 244 g/mol. The molecule has 1 unspecified atom stereocenters. The Balaban J connectivity index is 2.62. The molecule has 0 N–H and O–H groups in total. The number of hydrogen-bond donors (Lipinski definition) is 0. The number of alkyl halides is 3. The van der Waals surface area contributed by atoms with Crippen LogP contribution in [-0.4, -0.2) is 13.3 Å². The predicted octanol–water partition coefficient (Wildman–Crippen LogP) is 3.74. The molecule has 0 spiro atoms. The average Bonchev–Trinajstić information content (AvgIpc) is 2.26. The summed E-state index contributed by atoms with van der Waals surface area (Å²) in [6.45, 7) is 1.80. The van der Waals surface area contributed by atoms with E-state index in [2.05, 4.69) is 0 Å². The fourth-order valence-electron chi connectivity index (χ4n) is 2.57. The predicted molar refractivity (Wildman–Crippen MR) is 58.9 cm³/mol. The van der Waals surface area contributed by atoms with Crippen molar-refractivity contribution in [3.63, 3.8) is 0 Å². The average molecular weight is 244 g/mol. The van der Waals surface area contributed by atoms with E-state index >= 15 is 0 Å². The van der Waals surface area contributed by atoms with Crippen LogP contribution in [0.3, 0.4) is 0 Å². The van der Waals surface area contributed by atoms with Crippen LogP contribution >= 0.6 is 0 Å². The van der Waals surface area contributed by atoms with Crippen molar-refractivity contribution in [2.45, 2.75) is 38.0 Å². The van der Waals surface area contributed by atoms with Gasteiger partial charge in [-0.3, -0.25) is 0 Å². The van der Waals surface area contributed by atoms with Gasteiger partial charge in [0.2, 0.25) is 0 Å². The van der Waals surface area contributed by atoms with Gasteiger partial charge in [0, 0.05) is 7.11 Å². The van der Waals surface area contributed by atoms with Gasteiger partial charge in [-0.1, -0.05) is 23.8 Å². The van der Waals surface area contributed by atoms with Crippen molar-refractivity contribution < 1.29 is 17.9 Å². The molecule has 1 aromatic rings. The summed E-state index contributed by atoms with van der Waals surface area (Å²) < 4.78 is 44.7. The quantitative estimate of drug-likeness (QED) is 0.731. The molecule has 1 aliphatic rings. The molecule has 0 heterocycles. The van der Waals surface area contributed by atoms with Crippen LogP contribution in [0, 0.1) is 6.92 Å². The Morgan fingerprint density at radius 3 is 2.59 bits per heavy atom. The number of aryl methyl sites for hydroxylation is 2. The summed E-state index contributed by atoms with van der Waals surface area (Å²) in [7, 11) is 1.14. The zero-order valence-electron chi connectivity index (χ0n) is 9.90. The van der Waals surface area contributed by atoms with Gasteiger partial charge in [-0.25, -0.2) is 0 Å². The smallest absolute Gasteiger partial charge is 0.364 e. The van der Waals surface area contributed by atoms with Crippen LogP contribution < -0.4 is 0 Å². The molecule has 0 saturated carbocycles. The highest BCUT2D eigenvalue weighted by molar-refractivity contribution is 5.39. The van der Waals surface area contributed by atoms with Gasteiger partial charge < -0.3 is 4.74 Å². The number of benzene rings is 1. The summed E-state index contributed by atoms with van der Waals surface area (Å²) in [6, 6.07) is 5.23. The molecule has 1 atom stereocenters. The van der Waals surface area contributed by atoms with Crippen molar-refractivity contribution in [2.24, 2.45) is 0 Å². The van der Waals surface area contributed by atoms with Gasteiger partial charge in [0.1, 0.15) is 0 Å². The second kappa shape index (κ2) is 4.02. The second-order valence-electron chi connectivity index (χ2n) is 4.54. The summed E-state index contributed by atoms with van der Waals surface area (Å²) in [5, 5.41) is 0. The standard InChI is InChI=1S/C13H15F3O/c1-9-5-6-10-4-3-7-12(17-2,11(10)8-9)13(14,15)16/h5-6,8H,3-4,7H2,1-2H3. The van der Waals surface area contributed by atoms with Crippen LogP contribution in [0.15, 0.2) is 18.2 Å². The highest BCUT2D eigenvalue weighted by Crippen LogP contribution is 2.49. The lowest BCUT2D eigenvalue weighted by molar-refractivity contribution is -0.281. The molecule has 1 nitrogen and oxygen atoms in total. The first-order valence-corrected chi connectivity index (χ1v) is 5.62. The number of hydrogen-bond acceptors (Lipinski definition) is 1. The van der Waals surface area contributed by atoms with Crippen molar-refractivity contribution in [3.8, 4) is 0 Å². The summed E-state index contributed by atoms with van der Waals surface area (Å²) in [5.74, 6) is 0. The van der Waals surface area contributed by atoms with Crippen molar-refractivity contribution in [3.05, 3.63) is 34.9 Å². The van der Waals surface area contributed by atoms with E-state index in [1.165, 1.54) is 0 Å². The van der Waals surface area contributed by atoms with Crippen molar-refractivity contribution in [1.82, 2.24) is 0 Å². The Morgan fingerprint density at radius 2 is 2.00 bits per heavy atom. The third kappa shape index (κ3) is 1.84. The highest BCUT2D eigenvalue weighted by Gasteiger charge is 2.58. The summed E-state index contributed by atoms with van der Waals surface area (Å²) in [6.07, 6.45) is -3.17.